The normalized spacial score (nSPS) is 12.5. The summed E-state index contributed by atoms with van der Waals surface area (Å²) in [5.74, 6) is -0.925. The van der Waals surface area contributed by atoms with Gasteiger partial charge in [0.15, 0.2) is 0 Å². The standard InChI is InChI=1S/C9H10ClNO2/c1-6(5-8(12)13)7-3-2-4-11-9(7)10/h2-4,6H,5H2,1H3,(H,12,13). The van der Waals surface area contributed by atoms with Crippen LogP contribution in [0.25, 0.3) is 0 Å². The number of carboxylic acid groups (broad SMARTS) is 1. The molecule has 0 saturated carbocycles. The third-order valence-electron chi connectivity index (χ3n) is 1.80. The van der Waals surface area contributed by atoms with Gasteiger partial charge in [-0.15, -0.1) is 0 Å². The van der Waals surface area contributed by atoms with Gasteiger partial charge < -0.3 is 5.11 Å². The Hall–Kier alpha value is -1.09. The molecule has 1 N–H and O–H groups in total. The Balaban J connectivity index is 2.82. The number of halogens is 1. The Bertz CT molecular complexity index is 314. The summed E-state index contributed by atoms with van der Waals surface area (Å²) in [6, 6.07) is 3.54. The molecule has 0 aliphatic heterocycles. The fourth-order valence-electron chi connectivity index (χ4n) is 1.14. The number of aliphatic carboxylic acids is 1. The highest BCUT2D eigenvalue weighted by Gasteiger charge is 2.13. The highest BCUT2D eigenvalue weighted by atomic mass is 35.5. The molecular weight excluding hydrogens is 190 g/mol. The summed E-state index contributed by atoms with van der Waals surface area (Å²) in [4.78, 5) is 14.3. The summed E-state index contributed by atoms with van der Waals surface area (Å²) in [6.45, 7) is 1.82. The van der Waals surface area contributed by atoms with E-state index in [1.807, 2.05) is 6.92 Å². The minimum Gasteiger partial charge on any atom is -0.481 e. The van der Waals surface area contributed by atoms with Crippen LogP contribution in [0, 0.1) is 0 Å². The van der Waals surface area contributed by atoms with Crippen molar-refractivity contribution in [1.29, 1.82) is 0 Å². The molecule has 70 valence electrons. The Morgan fingerprint density at radius 2 is 2.46 bits per heavy atom. The average molecular weight is 200 g/mol. The molecule has 0 aromatic carbocycles. The zero-order valence-electron chi connectivity index (χ0n) is 7.20. The van der Waals surface area contributed by atoms with Gasteiger partial charge >= 0.3 is 5.97 Å². The number of carbonyl (C=O) groups is 1. The van der Waals surface area contributed by atoms with Crippen LogP contribution in [-0.4, -0.2) is 16.1 Å². The van der Waals surface area contributed by atoms with E-state index in [0.29, 0.717) is 5.15 Å². The van der Waals surface area contributed by atoms with E-state index in [-0.39, 0.29) is 12.3 Å². The van der Waals surface area contributed by atoms with Crippen LogP contribution < -0.4 is 0 Å². The molecule has 3 nitrogen and oxygen atoms in total. The molecule has 0 aliphatic carbocycles. The molecule has 1 aromatic rings. The number of hydrogen-bond donors (Lipinski definition) is 1. The predicted octanol–water partition coefficient (Wildman–Crippen LogP) is 2.31. The van der Waals surface area contributed by atoms with Crippen LogP contribution >= 0.6 is 11.6 Å². The smallest absolute Gasteiger partial charge is 0.303 e. The summed E-state index contributed by atoms with van der Waals surface area (Å²) in [5, 5.41) is 8.96. The van der Waals surface area contributed by atoms with Crippen molar-refractivity contribution in [3.05, 3.63) is 29.0 Å². The van der Waals surface area contributed by atoms with Gasteiger partial charge in [0.2, 0.25) is 0 Å². The molecule has 13 heavy (non-hydrogen) atoms. The SMILES string of the molecule is CC(CC(=O)O)c1cccnc1Cl. The van der Waals surface area contributed by atoms with Gasteiger partial charge in [0.1, 0.15) is 5.15 Å². The van der Waals surface area contributed by atoms with E-state index in [9.17, 15) is 4.79 Å². The Morgan fingerprint density at radius 1 is 1.77 bits per heavy atom. The van der Waals surface area contributed by atoms with Crippen molar-refractivity contribution in [3.8, 4) is 0 Å². The van der Waals surface area contributed by atoms with Crippen molar-refractivity contribution in [1.82, 2.24) is 4.98 Å². The number of pyridine rings is 1. The van der Waals surface area contributed by atoms with Gasteiger partial charge in [-0.2, -0.15) is 0 Å². The van der Waals surface area contributed by atoms with E-state index in [1.165, 1.54) is 0 Å². The number of carboxylic acids is 1. The fourth-order valence-corrected chi connectivity index (χ4v) is 1.44. The summed E-state index contributed by atoms with van der Waals surface area (Å²) in [5.41, 5.74) is 0.784. The second-order valence-electron chi connectivity index (χ2n) is 2.88. The molecule has 1 unspecified atom stereocenters. The Labute approximate surface area is 81.4 Å². The minimum atomic E-state index is -0.826. The van der Waals surface area contributed by atoms with Gasteiger partial charge in [0, 0.05) is 6.20 Å². The third-order valence-corrected chi connectivity index (χ3v) is 2.12. The molecule has 0 bridgehead atoms. The average Bonchev–Trinajstić information content (AvgIpc) is 2.03. The van der Waals surface area contributed by atoms with E-state index >= 15 is 0 Å². The van der Waals surface area contributed by atoms with Crippen LogP contribution in [0.1, 0.15) is 24.8 Å². The molecule has 1 heterocycles. The van der Waals surface area contributed by atoms with E-state index in [0.717, 1.165) is 5.56 Å². The molecule has 0 fully saturated rings. The first-order valence-electron chi connectivity index (χ1n) is 3.93. The maximum absolute atomic E-state index is 10.4. The first-order chi connectivity index (χ1) is 6.11. The highest BCUT2D eigenvalue weighted by Crippen LogP contribution is 2.24. The molecule has 0 amide bonds. The topological polar surface area (TPSA) is 50.2 Å². The van der Waals surface area contributed by atoms with E-state index in [4.69, 9.17) is 16.7 Å². The molecule has 4 heteroatoms. The number of nitrogens with zero attached hydrogens (tertiary/aromatic N) is 1. The fraction of sp³-hybridized carbons (Fsp3) is 0.333. The van der Waals surface area contributed by atoms with Crippen molar-refractivity contribution in [3.63, 3.8) is 0 Å². The molecule has 0 spiro atoms. The Morgan fingerprint density at radius 3 is 3.00 bits per heavy atom. The summed E-state index contributed by atoms with van der Waals surface area (Å²) in [6.07, 6.45) is 1.66. The highest BCUT2D eigenvalue weighted by molar-refractivity contribution is 6.30. The van der Waals surface area contributed by atoms with Crippen LogP contribution in [-0.2, 0) is 4.79 Å². The number of aromatic nitrogens is 1. The van der Waals surface area contributed by atoms with E-state index in [2.05, 4.69) is 4.98 Å². The molecule has 0 saturated heterocycles. The number of hydrogen-bond acceptors (Lipinski definition) is 2. The van der Waals surface area contributed by atoms with Gasteiger partial charge in [-0.1, -0.05) is 24.6 Å². The second-order valence-corrected chi connectivity index (χ2v) is 3.24. The van der Waals surface area contributed by atoms with Crippen molar-refractivity contribution in [2.45, 2.75) is 19.3 Å². The second kappa shape index (κ2) is 4.23. The van der Waals surface area contributed by atoms with Crippen molar-refractivity contribution in [2.24, 2.45) is 0 Å². The third kappa shape index (κ3) is 2.70. The van der Waals surface area contributed by atoms with Gasteiger partial charge in [-0.05, 0) is 17.5 Å². The largest absolute Gasteiger partial charge is 0.481 e. The van der Waals surface area contributed by atoms with Crippen LogP contribution in [0.4, 0.5) is 0 Å². The van der Waals surface area contributed by atoms with Gasteiger partial charge in [0.05, 0.1) is 6.42 Å². The molecule has 1 rings (SSSR count). The zero-order valence-corrected chi connectivity index (χ0v) is 7.95. The number of rotatable bonds is 3. The predicted molar refractivity (Wildman–Crippen MR) is 49.9 cm³/mol. The maximum Gasteiger partial charge on any atom is 0.303 e. The van der Waals surface area contributed by atoms with Crippen molar-refractivity contribution < 1.29 is 9.90 Å². The molecule has 0 radical (unpaired) electrons. The van der Waals surface area contributed by atoms with Crippen molar-refractivity contribution in [2.75, 3.05) is 0 Å². The molecule has 1 atom stereocenters. The Kier molecular flexibility index (Phi) is 3.25. The van der Waals surface area contributed by atoms with Gasteiger partial charge in [0.25, 0.3) is 0 Å². The lowest BCUT2D eigenvalue weighted by Gasteiger charge is -2.09. The zero-order chi connectivity index (χ0) is 9.84. The minimum absolute atomic E-state index is 0.0748. The van der Waals surface area contributed by atoms with Crippen molar-refractivity contribution >= 4 is 17.6 Å². The lowest BCUT2D eigenvalue weighted by atomic mass is 10.00. The summed E-state index contributed by atoms with van der Waals surface area (Å²) in [7, 11) is 0. The first kappa shape index (κ1) is 9.99. The quantitative estimate of drug-likeness (QED) is 0.760. The lowest BCUT2D eigenvalue weighted by molar-refractivity contribution is -0.137. The first-order valence-corrected chi connectivity index (χ1v) is 4.31. The van der Waals surface area contributed by atoms with Crippen LogP contribution in [0.3, 0.4) is 0 Å². The van der Waals surface area contributed by atoms with E-state index < -0.39 is 5.97 Å². The van der Waals surface area contributed by atoms with Crippen LogP contribution in [0.15, 0.2) is 18.3 Å². The summed E-state index contributed by atoms with van der Waals surface area (Å²) < 4.78 is 0. The van der Waals surface area contributed by atoms with Gasteiger partial charge in [-0.3, -0.25) is 4.79 Å². The lowest BCUT2D eigenvalue weighted by Crippen LogP contribution is -2.03. The van der Waals surface area contributed by atoms with Crippen LogP contribution in [0.2, 0.25) is 5.15 Å². The summed E-state index contributed by atoms with van der Waals surface area (Å²) >= 11 is 5.80. The van der Waals surface area contributed by atoms with E-state index in [1.54, 1.807) is 18.3 Å². The monoisotopic (exact) mass is 199 g/mol. The molecule has 1 aromatic heterocycles. The molecular formula is C9H10ClNO2. The molecule has 0 aliphatic rings. The maximum atomic E-state index is 10.4. The van der Waals surface area contributed by atoms with Crippen LogP contribution in [0.5, 0.6) is 0 Å². The van der Waals surface area contributed by atoms with Gasteiger partial charge in [-0.25, -0.2) is 4.98 Å².